The summed E-state index contributed by atoms with van der Waals surface area (Å²) in [6.07, 6.45) is 1.68. The van der Waals surface area contributed by atoms with Gasteiger partial charge in [-0.15, -0.1) is 0 Å². The number of rotatable bonds is 6. The molecule has 20 heavy (non-hydrogen) atoms. The molecule has 5 nitrogen and oxygen atoms in total. The molecule has 0 radical (unpaired) electrons. The van der Waals surface area contributed by atoms with Crippen molar-refractivity contribution >= 4 is 5.97 Å². The van der Waals surface area contributed by atoms with Gasteiger partial charge >= 0.3 is 5.97 Å². The van der Waals surface area contributed by atoms with Gasteiger partial charge in [0.15, 0.2) is 0 Å². The van der Waals surface area contributed by atoms with Crippen molar-refractivity contribution in [3.05, 3.63) is 59.9 Å². The van der Waals surface area contributed by atoms with E-state index in [-0.39, 0.29) is 0 Å². The highest BCUT2D eigenvalue weighted by molar-refractivity contribution is 5.75. The average Bonchev–Trinajstić information content (AvgIpc) is 2.49. The Labute approximate surface area is 117 Å². The zero-order chi connectivity index (χ0) is 14.4. The van der Waals surface area contributed by atoms with E-state index in [4.69, 9.17) is 4.74 Å². The fourth-order valence-corrected chi connectivity index (χ4v) is 1.85. The zero-order valence-corrected chi connectivity index (χ0v) is 11.1. The molecule has 1 atom stereocenters. The third-order valence-corrected chi connectivity index (χ3v) is 2.91. The molecule has 1 aromatic carbocycles. The lowest BCUT2D eigenvalue weighted by atomic mass is 10.1. The van der Waals surface area contributed by atoms with E-state index in [0.29, 0.717) is 17.9 Å². The first-order valence-corrected chi connectivity index (χ1v) is 6.21. The van der Waals surface area contributed by atoms with Gasteiger partial charge in [-0.1, -0.05) is 18.2 Å². The molecule has 1 aromatic heterocycles. The molecule has 5 heteroatoms. The third-order valence-electron chi connectivity index (χ3n) is 2.91. The van der Waals surface area contributed by atoms with Crippen molar-refractivity contribution in [2.24, 2.45) is 0 Å². The van der Waals surface area contributed by atoms with Gasteiger partial charge in [-0.25, -0.2) is 0 Å². The van der Waals surface area contributed by atoms with Crippen LogP contribution in [0.25, 0.3) is 0 Å². The molecular weight excluding hydrogens is 256 g/mol. The van der Waals surface area contributed by atoms with Crippen LogP contribution in [0.1, 0.15) is 17.3 Å². The van der Waals surface area contributed by atoms with Crippen LogP contribution in [0.3, 0.4) is 0 Å². The molecule has 0 fully saturated rings. The first-order valence-electron chi connectivity index (χ1n) is 6.21. The second kappa shape index (κ2) is 6.68. The fraction of sp³-hybridized carbons (Fsp3) is 0.200. The molecule has 0 aliphatic heterocycles. The van der Waals surface area contributed by atoms with E-state index in [9.17, 15) is 9.90 Å². The minimum absolute atomic E-state index is 0.393. The minimum Gasteiger partial charge on any atom is -0.497 e. The van der Waals surface area contributed by atoms with Gasteiger partial charge in [0.2, 0.25) is 0 Å². The van der Waals surface area contributed by atoms with Crippen molar-refractivity contribution in [3.8, 4) is 5.75 Å². The SMILES string of the molecule is COc1ccc(C(NCc2ccccn2)C(=O)O)cc1. The number of carbonyl (C=O) groups is 1. The highest BCUT2D eigenvalue weighted by Gasteiger charge is 2.19. The summed E-state index contributed by atoms with van der Waals surface area (Å²) in [6, 6.07) is 11.7. The molecular formula is C15H16N2O3. The number of nitrogens with one attached hydrogen (secondary N) is 1. The zero-order valence-electron chi connectivity index (χ0n) is 11.1. The smallest absolute Gasteiger partial charge is 0.325 e. The number of nitrogens with zero attached hydrogens (tertiary/aromatic N) is 1. The Morgan fingerprint density at radius 2 is 2.05 bits per heavy atom. The number of pyridine rings is 1. The second-order valence-corrected chi connectivity index (χ2v) is 4.25. The van der Waals surface area contributed by atoms with Crippen LogP contribution in [-0.4, -0.2) is 23.2 Å². The van der Waals surface area contributed by atoms with Gasteiger partial charge in [0.05, 0.1) is 12.8 Å². The minimum atomic E-state index is -0.925. The van der Waals surface area contributed by atoms with E-state index < -0.39 is 12.0 Å². The van der Waals surface area contributed by atoms with Crippen molar-refractivity contribution in [1.29, 1.82) is 0 Å². The highest BCUT2D eigenvalue weighted by Crippen LogP contribution is 2.18. The molecule has 0 bridgehead atoms. The van der Waals surface area contributed by atoms with Crippen LogP contribution in [0.2, 0.25) is 0 Å². The van der Waals surface area contributed by atoms with Crippen molar-refractivity contribution in [3.63, 3.8) is 0 Å². The lowest BCUT2D eigenvalue weighted by Crippen LogP contribution is -2.28. The van der Waals surface area contributed by atoms with E-state index in [1.54, 1.807) is 37.6 Å². The second-order valence-electron chi connectivity index (χ2n) is 4.25. The largest absolute Gasteiger partial charge is 0.497 e. The maximum Gasteiger partial charge on any atom is 0.325 e. The molecule has 0 aliphatic carbocycles. The van der Waals surface area contributed by atoms with Gasteiger partial charge in [0, 0.05) is 12.7 Å². The molecule has 1 heterocycles. The van der Waals surface area contributed by atoms with Crippen molar-refractivity contribution < 1.29 is 14.6 Å². The Bertz CT molecular complexity index is 555. The maximum atomic E-state index is 11.4. The maximum absolute atomic E-state index is 11.4. The third kappa shape index (κ3) is 3.55. The van der Waals surface area contributed by atoms with Crippen LogP contribution in [0.15, 0.2) is 48.7 Å². The molecule has 2 aromatic rings. The quantitative estimate of drug-likeness (QED) is 0.841. The van der Waals surface area contributed by atoms with Gasteiger partial charge in [-0.3, -0.25) is 15.1 Å². The molecule has 2 N–H and O–H groups in total. The van der Waals surface area contributed by atoms with Crippen LogP contribution < -0.4 is 10.1 Å². The summed E-state index contributed by atoms with van der Waals surface area (Å²) < 4.78 is 5.06. The Hall–Kier alpha value is -2.40. The first-order chi connectivity index (χ1) is 9.70. The number of aromatic nitrogens is 1. The normalized spacial score (nSPS) is 11.8. The number of carboxylic acid groups (broad SMARTS) is 1. The predicted octanol–water partition coefficient (Wildman–Crippen LogP) is 2.01. The number of ether oxygens (including phenoxy) is 1. The van der Waals surface area contributed by atoms with Crippen molar-refractivity contribution in [1.82, 2.24) is 10.3 Å². The Balaban J connectivity index is 2.08. The lowest BCUT2D eigenvalue weighted by molar-refractivity contribution is -0.139. The molecule has 0 saturated heterocycles. The van der Waals surface area contributed by atoms with E-state index in [1.165, 1.54) is 0 Å². The molecule has 104 valence electrons. The lowest BCUT2D eigenvalue weighted by Gasteiger charge is -2.15. The predicted molar refractivity (Wildman–Crippen MR) is 74.4 cm³/mol. The summed E-state index contributed by atoms with van der Waals surface area (Å²) in [7, 11) is 1.57. The van der Waals surface area contributed by atoms with Crippen LogP contribution in [0.5, 0.6) is 5.75 Å². The molecule has 0 spiro atoms. The number of hydrogen-bond acceptors (Lipinski definition) is 4. The van der Waals surface area contributed by atoms with E-state index >= 15 is 0 Å². The van der Waals surface area contributed by atoms with Crippen molar-refractivity contribution in [2.75, 3.05) is 7.11 Å². The number of aliphatic carboxylic acids is 1. The summed E-state index contributed by atoms with van der Waals surface area (Å²) in [5, 5.41) is 12.3. The summed E-state index contributed by atoms with van der Waals surface area (Å²) in [6.45, 7) is 0.393. The highest BCUT2D eigenvalue weighted by atomic mass is 16.5. The van der Waals surface area contributed by atoms with E-state index in [1.807, 2.05) is 18.2 Å². The summed E-state index contributed by atoms with van der Waals surface area (Å²) in [4.78, 5) is 15.5. The van der Waals surface area contributed by atoms with Crippen LogP contribution in [-0.2, 0) is 11.3 Å². The van der Waals surface area contributed by atoms with Gasteiger partial charge in [0.25, 0.3) is 0 Å². The number of hydrogen-bond donors (Lipinski definition) is 2. The topological polar surface area (TPSA) is 71.5 Å². The Kier molecular flexibility index (Phi) is 4.68. The summed E-state index contributed by atoms with van der Waals surface area (Å²) in [5.41, 5.74) is 1.47. The number of carboxylic acids is 1. The molecule has 0 aliphatic rings. The number of methoxy groups -OCH3 is 1. The van der Waals surface area contributed by atoms with E-state index in [2.05, 4.69) is 10.3 Å². The summed E-state index contributed by atoms with van der Waals surface area (Å²) >= 11 is 0. The fourth-order valence-electron chi connectivity index (χ4n) is 1.85. The first kappa shape index (κ1) is 14.0. The Morgan fingerprint density at radius 3 is 2.60 bits per heavy atom. The Morgan fingerprint density at radius 1 is 1.30 bits per heavy atom. The van der Waals surface area contributed by atoms with Crippen LogP contribution in [0, 0.1) is 0 Å². The molecule has 2 rings (SSSR count). The van der Waals surface area contributed by atoms with E-state index in [0.717, 1.165) is 5.69 Å². The number of benzene rings is 1. The summed E-state index contributed by atoms with van der Waals surface area (Å²) in [5.74, 6) is -0.228. The van der Waals surface area contributed by atoms with Crippen LogP contribution >= 0.6 is 0 Å². The van der Waals surface area contributed by atoms with Gasteiger partial charge in [0.1, 0.15) is 11.8 Å². The molecule has 0 amide bonds. The van der Waals surface area contributed by atoms with Crippen LogP contribution in [0.4, 0.5) is 0 Å². The van der Waals surface area contributed by atoms with Crippen molar-refractivity contribution in [2.45, 2.75) is 12.6 Å². The molecule has 0 saturated carbocycles. The van der Waals surface area contributed by atoms with Gasteiger partial charge in [-0.05, 0) is 29.8 Å². The van der Waals surface area contributed by atoms with Gasteiger partial charge in [-0.2, -0.15) is 0 Å². The molecule has 1 unspecified atom stereocenters. The average molecular weight is 272 g/mol. The van der Waals surface area contributed by atoms with Gasteiger partial charge < -0.3 is 9.84 Å². The standard InChI is InChI=1S/C15H16N2O3/c1-20-13-7-5-11(6-8-13)14(15(18)19)17-10-12-4-2-3-9-16-12/h2-9,14,17H,10H2,1H3,(H,18,19). The monoisotopic (exact) mass is 272 g/mol.